The molecule has 5 heteroatoms. The molecule has 0 bridgehead atoms. The number of para-hydroxylation sites is 1. The number of carbonyl (C=O) groups excluding carboxylic acids is 1. The first-order chi connectivity index (χ1) is 12.1. The third-order valence-electron chi connectivity index (χ3n) is 4.28. The second kappa shape index (κ2) is 8.70. The molecule has 1 atom stereocenters. The first-order valence-electron chi connectivity index (χ1n) is 8.25. The van der Waals surface area contributed by atoms with Crippen LogP contribution in [0.3, 0.4) is 0 Å². The number of amides is 1. The predicted octanol–water partition coefficient (Wildman–Crippen LogP) is 4.01. The highest BCUT2D eigenvalue weighted by atomic mass is 35.5. The molecule has 4 nitrogen and oxygen atoms in total. The molecule has 3 N–H and O–H groups in total. The van der Waals surface area contributed by atoms with Gasteiger partial charge in [0, 0.05) is 17.7 Å². The van der Waals surface area contributed by atoms with Gasteiger partial charge in [0.1, 0.15) is 5.75 Å². The summed E-state index contributed by atoms with van der Waals surface area (Å²) < 4.78 is 5.32. The molecule has 0 aliphatic heterocycles. The first-order valence-corrected chi connectivity index (χ1v) is 8.25. The number of halogens is 1. The molecule has 0 aromatic heterocycles. The molecule has 0 saturated heterocycles. The highest BCUT2D eigenvalue weighted by Crippen LogP contribution is 2.23. The molecular weight excluding hydrogens is 348 g/mol. The van der Waals surface area contributed by atoms with Gasteiger partial charge >= 0.3 is 0 Å². The van der Waals surface area contributed by atoms with Crippen LogP contribution in [0.1, 0.15) is 27.5 Å². The topological polar surface area (TPSA) is 64.3 Å². The van der Waals surface area contributed by atoms with E-state index < -0.39 is 0 Å². The lowest BCUT2D eigenvalue weighted by molar-refractivity contribution is 0.0951. The molecule has 0 spiro atoms. The van der Waals surface area contributed by atoms with Crippen molar-refractivity contribution in [3.63, 3.8) is 0 Å². The summed E-state index contributed by atoms with van der Waals surface area (Å²) in [5.41, 5.74) is 8.91. The minimum Gasteiger partial charge on any atom is -0.496 e. The summed E-state index contributed by atoms with van der Waals surface area (Å²) in [7, 11) is 1.61. The number of fused-ring (bicyclic) bond motifs is 1. The summed E-state index contributed by atoms with van der Waals surface area (Å²) in [6.07, 6.45) is 0. The summed E-state index contributed by atoms with van der Waals surface area (Å²) in [5, 5.41) is 5.08. The van der Waals surface area contributed by atoms with Crippen LogP contribution in [0.5, 0.6) is 5.75 Å². The van der Waals surface area contributed by atoms with Crippen molar-refractivity contribution in [2.45, 2.75) is 13.0 Å². The van der Waals surface area contributed by atoms with Gasteiger partial charge in [-0.1, -0.05) is 48.0 Å². The molecule has 26 heavy (non-hydrogen) atoms. The van der Waals surface area contributed by atoms with Crippen LogP contribution < -0.4 is 15.8 Å². The van der Waals surface area contributed by atoms with Crippen molar-refractivity contribution in [2.24, 2.45) is 5.73 Å². The Kier molecular flexibility index (Phi) is 6.61. The number of nitrogens with two attached hydrogens (primary N) is 1. The molecular formula is C21H23ClN2O2. The van der Waals surface area contributed by atoms with Gasteiger partial charge in [-0.15, -0.1) is 12.4 Å². The fourth-order valence-electron chi connectivity index (χ4n) is 2.89. The largest absolute Gasteiger partial charge is 0.496 e. The number of nitrogens with one attached hydrogen (secondary N) is 1. The zero-order chi connectivity index (χ0) is 17.8. The van der Waals surface area contributed by atoms with Crippen molar-refractivity contribution in [3.05, 3.63) is 77.4 Å². The van der Waals surface area contributed by atoms with Crippen LogP contribution in [0.4, 0.5) is 0 Å². The van der Waals surface area contributed by atoms with Crippen LogP contribution in [0.2, 0.25) is 0 Å². The monoisotopic (exact) mass is 370 g/mol. The molecule has 0 radical (unpaired) electrons. The normalized spacial score (nSPS) is 11.5. The van der Waals surface area contributed by atoms with Gasteiger partial charge in [-0.25, -0.2) is 0 Å². The summed E-state index contributed by atoms with van der Waals surface area (Å²) in [6.45, 7) is 2.39. The van der Waals surface area contributed by atoms with Crippen LogP contribution in [0, 0.1) is 6.92 Å². The number of hydrogen-bond acceptors (Lipinski definition) is 3. The van der Waals surface area contributed by atoms with Gasteiger partial charge in [0.15, 0.2) is 0 Å². The van der Waals surface area contributed by atoms with Gasteiger partial charge in [-0.3, -0.25) is 4.79 Å². The minimum absolute atomic E-state index is 0. The average Bonchev–Trinajstić information content (AvgIpc) is 2.65. The Morgan fingerprint density at radius 1 is 1.08 bits per heavy atom. The molecule has 0 fully saturated rings. The van der Waals surface area contributed by atoms with Gasteiger partial charge in [0.2, 0.25) is 0 Å². The van der Waals surface area contributed by atoms with Crippen molar-refractivity contribution < 1.29 is 9.53 Å². The molecule has 0 aliphatic carbocycles. The quantitative estimate of drug-likeness (QED) is 0.713. The van der Waals surface area contributed by atoms with E-state index >= 15 is 0 Å². The van der Waals surface area contributed by atoms with Crippen LogP contribution in [-0.2, 0) is 0 Å². The second-order valence-corrected chi connectivity index (χ2v) is 6.12. The van der Waals surface area contributed by atoms with Crippen molar-refractivity contribution in [1.29, 1.82) is 0 Å². The lowest BCUT2D eigenvalue weighted by Gasteiger charge is -2.16. The van der Waals surface area contributed by atoms with Crippen molar-refractivity contribution in [1.82, 2.24) is 5.32 Å². The summed E-state index contributed by atoms with van der Waals surface area (Å²) >= 11 is 0. The lowest BCUT2D eigenvalue weighted by atomic mass is 10.0. The predicted molar refractivity (Wildman–Crippen MR) is 108 cm³/mol. The van der Waals surface area contributed by atoms with E-state index in [1.54, 1.807) is 7.11 Å². The highest BCUT2D eigenvalue weighted by molar-refractivity contribution is 5.98. The van der Waals surface area contributed by atoms with Gasteiger partial charge in [-0.2, -0.15) is 0 Å². The minimum atomic E-state index is -0.330. The Hall–Kier alpha value is -2.56. The number of rotatable bonds is 5. The van der Waals surface area contributed by atoms with Crippen LogP contribution in [0.15, 0.2) is 60.7 Å². The molecule has 1 unspecified atom stereocenters. The standard InChI is InChI=1S/C21H22N2O2.ClH/c1-14-7-8-16-12-17(10-9-15(16)11-14)21(24)23-13-19(22)18-5-3-4-6-20(18)25-2;/h3-12,19H,13,22H2,1-2H3,(H,23,24);1H. The van der Waals surface area contributed by atoms with Gasteiger partial charge in [0.05, 0.1) is 13.2 Å². The Bertz CT molecular complexity index is 911. The van der Waals surface area contributed by atoms with Crippen molar-refractivity contribution in [3.8, 4) is 5.75 Å². The highest BCUT2D eigenvalue weighted by Gasteiger charge is 2.13. The zero-order valence-corrected chi connectivity index (χ0v) is 15.7. The summed E-state index contributed by atoms with van der Waals surface area (Å²) in [4.78, 5) is 12.4. The number of hydrogen-bond donors (Lipinski definition) is 2. The van der Waals surface area contributed by atoms with E-state index in [9.17, 15) is 4.79 Å². The molecule has 3 aromatic carbocycles. The van der Waals surface area contributed by atoms with E-state index in [-0.39, 0.29) is 24.4 Å². The van der Waals surface area contributed by atoms with Gasteiger partial charge in [-0.05, 0) is 35.9 Å². The first kappa shape index (κ1) is 19.8. The SMILES string of the molecule is COc1ccccc1C(N)CNC(=O)c1ccc2cc(C)ccc2c1.Cl. The lowest BCUT2D eigenvalue weighted by Crippen LogP contribution is -2.32. The smallest absolute Gasteiger partial charge is 0.251 e. The Morgan fingerprint density at radius 2 is 1.77 bits per heavy atom. The van der Waals surface area contributed by atoms with Crippen molar-refractivity contribution in [2.75, 3.05) is 13.7 Å². The Morgan fingerprint density at radius 3 is 2.54 bits per heavy atom. The van der Waals surface area contributed by atoms with Crippen LogP contribution in [0.25, 0.3) is 10.8 Å². The van der Waals surface area contributed by atoms with E-state index in [1.807, 2.05) is 54.6 Å². The maximum atomic E-state index is 12.4. The molecule has 136 valence electrons. The summed E-state index contributed by atoms with van der Waals surface area (Å²) in [5.74, 6) is 0.596. The second-order valence-electron chi connectivity index (χ2n) is 6.12. The van der Waals surface area contributed by atoms with E-state index in [0.717, 1.165) is 22.1 Å². The van der Waals surface area contributed by atoms with Crippen molar-refractivity contribution >= 4 is 29.1 Å². The van der Waals surface area contributed by atoms with Gasteiger partial charge < -0.3 is 15.8 Å². The molecule has 3 aromatic rings. The van der Waals surface area contributed by atoms with Crippen LogP contribution >= 0.6 is 12.4 Å². The van der Waals surface area contributed by atoms with E-state index in [0.29, 0.717) is 12.1 Å². The Labute approximate surface area is 159 Å². The van der Waals surface area contributed by atoms with E-state index in [4.69, 9.17) is 10.5 Å². The van der Waals surface area contributed by atoms with Crippen LogP contribution in [-0.4, -0.2) is 19.6 Å². The number of benzene rings is 3. The van der Waals surface area contributed by atoms with E-state index in [1.165, 1.54) is 5.56 Å². The maximum Gasteiger partial charge on any atom is 0.251 e. The number of methoxy groups -OCH3 is 1. The molecule has 3 rings (SSSR count). The van der Waals surface area contributed by atoms with Gasteiger partial charge in [0.25, 0.3) is 5.91 Å². The molecule has 1 amide bonds. The maximum absolute atomic E-state index is 12.4. The summed E-state index contributed by atoms with van der Waals surface area (Å²) in [6, 6.07) is 19.1. The number of carbonyl (C=O) groups is 1. The average molecular weight is 371 g/mol. The molecule has 0 heterocycles. The number of aryl methyl sites for hydroxylation is 1. The molecule has 0 aliphatic rings. The fraction of sp³-hybridized carbons (Fsp3) is 0.190. The fourth-order valence-corrected chi connectivity index (χ4v) is 2.89. The zero-order valence-electron chi connectivity index (χ0n) is 14.9. The number of ether oxygens (including phenoxy) is 1. The third kappa shape index (κ3) is 4.34. The van der Waals surface area contributed by atoms with E-state index in [2.05, 4.69) is 18.3 Å². The Balaban J connectivity index is 0.00000243. The molecule has 0 saturated carbocycles. The third-order valence-corrected chi connectivity index (χ3v) is 4.28.